The second-order valence-electron chi connectivity index (χ2n) is 5.14. The van der Waals surface area contributed by atoms with Gasteiger partial charge in [0.25, 0.3) is 5.69 Å². The lowest BCUT2D eigenvalue weighted by Gasteiger charge is -2.29. The lowest BCUT2D eigenvalue weighted by atomic mass is 9.98. The van der Waals surface area contributed by atoms with Crippen LogP contribution in [0.25, 0.3) is 0 Å². The van der Waals surface area contributed by atoms with E-state index in [1.165, 1.54) is 24.3 Å². The number of carboxylic acids is 1. The summed E-state index contributed by atoms with van der Waals surface area (Å²) in [5.41, 5.74) is 0.341. The molecule has 0 bridgehead atoms. The number of piperidine rings is 1. The maximum atomic E-state index is 12.1. The van der Waals surface area contributed by atoms with Gasteiger partial charge in [0.15, 0.2) is 5.78 Å². The summed E-state index contributed by atoms with van der Waals surface area (Å²) < 4.78 is 0. The Balaban J connectivity index is 1.97. The minimum absolute atomic E-state index is 0.0598. The molecule has 1 aliphatic rings. The monoisotopic (exact) mass is 292 g/mol. The Morgan fingerprint density at radius 1 is 1.33 bits per heavy atom. The molecule has 0 aliphatic carbocycles. The predicted molar refractivity (Wildman–Crippen MR) is 74.2 cm³/mol. The lowest BCUT2D eigenvalue weighted by Crippen LogP contribution is -2.41. The molecule has 1 aromatic rings. The van der Waals surface area contributed by atoms with E-state index in [9.17, 15) is 19.7 Å². The summed E-state index contributed by atoms with van der Waals surface area (Å²) in [7, 11) is 0. The first kappa shape index (κ1) is 15.1. The molecule has 1 N–H and O–H groups in total. The van der Waals surface area contributed by atoms with Crippen LogP contribution in [-0.2, 0) is 4.79 Å². The zero-order chi connectivity index (χ0) is 15.4. The van der Waals surface area contributed by atoms with Crippen molar-refractivity contribution >= 4 is 17.4 Å². The number of carboxylic acid groups (broad SMARTS) is 1. The van der Waals surface area contributed by atoms with Crippen LogP contribution in [0.1, 0.15) is 23.2 Å². The second kappa shape index (κ2) is 6.45. The molecule has 21 heavy (non-hydrogen) atoms. The molecule has 1 fully saturated rings. The topological polar surface area (TPSA) is 101 Å². The smallest absolute Gasteiger partial charge is 0.307 e. The number of nitro groups is 1. The maximum Gasteiger partial charge on any atom is 0.307 e. The Kier molecular flexibility index (Phi) is 4.64. The van der Waals surface area contributed by atoms with Crippen molar-refractivity contribution in [3.8, 4) is 0 Å². The van der Waals surface area contributed by atoms with Gasteiger partial charge in [0.1, 0.15) is 0 Å². The molecule has 7 heteroatoms. The summed E-state index contributed by atoms with van der Waals surface area (Å²) in [6, 6.07) is 5.45. The molecular weight excluding hydrogens is 276 g/mol. The third-order valence-electron chi connectivity index (χ3n) is 3.62. The van der Waals surface area contributed by atoms with E-state index >= 15 is 0 Å². The molecule has 0 radical (unpaired) electrons. The van der Waals surface area contributed by atoms with Crippen LogP contribution in [0.15, 0.2) is 24.3 Å². The zero-order valence-electron chi connectivity index (χ0n) is 11.4. The van der Waals surface area contributed by atoms with Crippen LogP contribution in [0.3, 0.4) is 0 Å². The van der Waals surface area contributed by atoms with Gasteiger partial charge in [-0.25, -0.2) is 0 Å². The van der Waals surface area contributed by atoms with Crippen LogP contribution >= 0.6 is 0 Å². The molecule has 0 spiro atoms. The van der Waals surface area contributed by atoms with Crippen molar-refractivity contribution in [3.63, 3.8) is 0 Å². The number of benzene rings is 1. The third-order valence-corrected chi connectivity index (χ3v) is 3.62. The van der Waals surface area contributed by atoms with Crippen LogP contribution in [0.4, 0.5) is 5.69 Å². The van der Waals surface area contributed by atoms with E-state index in [1.54, 1.807) is 0 Å². The van der Waals surface area contributed by atoms with E-state index in [0.717, 1.165) is 6.42 Å². The molecular formula is C14H16N2O5. The second-order valence-corrected chi connectivity index (χ2v) is 5.14. The Morgan fingerprint density at radius 3 is 2.57 bits per heavy atom. The Labute approximate surface area is 121 Å². The molecule has 1 atom stereocenters. The Hall–Kier alpha value is -2.28. The van der Waals surface area contributed by atoms with E-state index in [4.69, 9.17) is 5.11 Å². The van der Waals surface area contributed by atoms with Gasteiger partial charge in [-0.1, -0.05) is 0 Å². The van der Waals surface area contributed by atoms with Gasteiger partial charge in [-0.05, 0) is 31.5 Å². The highest BCUT2D eigenvalue weighted by Crippen LogP contribution is 2.18. The third kappa shape index (κ3) is 3.85. The number of hydrogen-bond acceptors (Lipinski definition) is 5. The van der Waals surface area contributed by atoms with Crippen molar-refractivity contribution in [2.75, 3.05) is 19.6 Å². The Bertz CT molecular complexity index is 555. The van der Waals surface area contributed by atoms with Crippen molar-refractivity contribution < 1.29 is 19.6 Å². The number of Topliss-reactive ketones (excluding diaryl/α,β-unsaturated/α-hetero) is 1. The number of ketones is 1. The van der Waals surface area contributed by atoms with Gasteiger partial charge in [-0.3, -0.25) is 24.6 Å². The number of nitrogens with zero attached hydrogens (tertiary/aromatic N) is 2. The van der Waals surface area contributed by atoms with Crippen molar-refractivity contribution in [1.82, 2.24) is 4.90 Å². The van der Waals surface area contributed by atoms with E-state index in [2.05, 4.69) is 0 Å². The molecule has 0 aromatic heterocycles. The van der Waals surface area contributed by atoms with Gasteiger partial charge in [0.05, 0.1) is 17.4 Å². The summed E-state index contributed by atoms with van der Waals surface area (Å²) in [6.45, 7) is 1.21. The van der Waals surface area contributed by atoms with Crippen molar-refractivity contribution in [1.29, 1.82) is 0 Å². The van der Waals surface area contributed by atoms with Crippen LogP contribution < -0.4 is 0 Å². The van der Waals surface area contributed by atoms with Crippen LogP contribution in [-0.4, -0.2) is 46.3 Å². The quantitative estimate of drug-likeness (QED) is 0.502. The number of non-ortho nitro benzene ring substituents is 1. The first-order chi connectivity index (χ1) is 9.97. The highest BCUT2D eigenvalue weighted by molar-refractivity contribution is 5.97. The van der Waals surface area contributed by atoms with E-state index in [-0.39, 0.29) is 18.0 Å². The number of hydrogen-bond donors (Lipinski definition) is 1. The minimum Gasteiger partial charge on any atom is -0.481 e. The number of rotatable bonds is 5. The predicted octanol–water partition coefficient (Wildman–Crippen LogP) is 1.57. The Morgan fingerprint density at radius 2 is 2.00 bits per heavy atom. The molecule has 2 rings (SSSR count). The fourth-order valence-electron chi connectivity index (χ4n) is 2.46. The van der Waals surface area contributed by atoms with E-state index in [0.29, 0.717) is 25.1 Å². The molecule has 112 valence electrons. The van der Waals surface area contributed by atoms with E-state index < -0.39 is 16.8 Å². The van der Waals surface area contributed by atoms with Crippen LogP contribution in [0.5, 0.6) is 0 Å². The first-order valence-electron chi connectivity index (χ1n) is 6.70. The standard InChI is InChI=1S/C14H16N2O5/c17-13(10-3-5-12(6-4-10)16(20)21)9-15-7-1-2-11(8-15)14(18)19/h3-6,11H,1-2,7-9H2,(H,18,19). The van der Waals surface area contributed by atoms with Gasteiger partial charge in [-0.15, -0.1) is 0 Å². The fraction of sp³-hybridized carbons (Fsp3) is 0.429. The molecule has 1 unspecified atom stereocenters. The number of aliphatic carboxylic acids is 1. The molecule has 1 heterocycles. The normalized spacial score (nSPS) is 19.1. The van der Waals surface area contributed by atoms with Gasteiger partial charge >= 0.3 is 5.97 Å². The van der Waals surface area contributed by atoms with Crippen molar-refractivity contribution in [3.05, 3.63) is 39.9 Å². The minimum atomic E-state index is -0.831. The summed E-state index contributed by atoms with van der Waals surface area (Å²) >= 11 is 0. The summed E-state index contributed by atoms with van der Waals surface area (Å²) in [5, 5.41) is 19.6. The lowest BCUT2D eigenvalue weighted by molar-refractivity contribution is -0.384. The first-order valence-corrected chi connectivity index (χ1v) is 6.70. The number of carbonyl (C=O) groups excluding carboxylic acids is 1. The van der Waals surface area contributed by atoms with E-state index in [1.807, 2.05) is 4.90 Å². The SMILES string of the molecule is O=C(CN1CCCC(C(=O)O)C1)c1ccc([N+](=O)[O-])cc1. The van der Waals surface area contributed by atoms with Gasteiger partial charge in [0, 0.05) is 24.2 Å². The molecule has 1 aromatic carbocycles. The summed E-state index contributed by atoms with van der Waals surface area (Å²) in [6.07, 6.45) is 1.39. The average Bonchev–Trinajstić information content (AvgIpc) is 2.47. The van der Waals surface area contributed by atoms with Crippen LogP contribution in [0.2, 0.25) is 0 Å². The molecule has 0 amide bonds. The van der Waals surface area contributed by atoms with Gasteiger partial charge in [0.2, 0.25) is 0 Å². The zero-order valence-corrected chi connectivity index (χ0v) is 11.4. The largest absolute Gasteiger partial charge is 0.481 e. The number of likely N-dealkylation sites (tertiary alicyclic amines) is 1. The molecule has 1 saturated heterocycles. The molecule has 1 aliphatic heterocycles. The average molecular weight is 292 g/mol. The number of carbonyl (C=O) groups is 2. The fourth-order valence-corrected chi connectivity index (χ4v) is 2.46. The highest BCUT2D eigenvalue weighted by Gasteiger charge is 2.26. The van der Waals surface area contributed by atoms with Gasteiger partial charge in [-0.2, -0.15) is 0 Å². The number of nitro benzene ring substituents is 1. The highest BCUT2D eigenvalue weighted by atomic mass is 16.6. The van der Waals surface area contributed by atoms with Crippen LogP contribution in [0, 0.1) is 16.0 Å². The van der Waals surface area contributed by atoms with Gasteiger partial charge < -0.3 is 5.11 Å². The molecule has 0 saturated carbocycles. The van der Waals surface area contributed by atoms with Crippen molar-refractivity contribution in [2.45, 2.75) is 12.8 Å². The molecule has 7 nitrogen and oxygen atoms in total. The summed E-state index contributed by atoms with van der Waals surface area (Å²) in [5.74, 6) is -1.41. The maximum absolute atomic E-state index is 12.1. The van der Waals surface area contributed by atoms with Crippen molar-refractivity contribution in [2.24, 2.45) is 5.92 Å². The summed E-state index contributed by atoms with van der Waals surface area (Å²) in [4.78, 5) is 35.0.